The lowest BCUT2D eigenvalue weighted by molar-refractivity contribution is 0.0721. The molecule has 4 rings (SSSR count). The van der Waals surface area contributed by atoms with Crippen molar-refractivity contribution in [3.05, 3.63) is 0 Å². The molecule has 0 radical (unpaired) electrons. The Morgan fingerprint density at radius 3 is 1.20 bits per heavy atom. The van der Waals surface area contributed by atoms with E-state index in [0.29, 0.717) is 0 Å². The van der Waals surface area contributed by atoms with Crippen molar-refractivity contribution < 1.29 is 44.0 Å². The van der Waals surface area contributed by atoms with Gasteiger partial charge in [0.25, 0.3) is 0 Å². The molecule has 0 aromatic carbocycles. The van der Waals surface area contributed by atoms with Crippen molar-refractivity contribution in [2.45, 2.75) is 205 Å². The molecule has 316 valence electrons. The minimum Gasteiger partial charge on any atom is -0.447 e. The Morgan fingerprint density at radius 2 is 0.945 bits per heavy atom. The molecule has 0 spiro atoms. The van der Waals surface area contributed by atoms with E-state index in [2.05, 4.69) is 20.6 Å². The van der Waals surface area contributed by atoms with Crippen LogP contribution in [0.4, 0.5) is 9.59 Å². The average molecular weight is 779 g/mol. The van der Waals surface area contributed by atoms with E-state index in [0.717, 1.165) is 87.9 Å². The first kappa shape index (κ1) is 48.3. The van der Waals surface area contributed by atoms with E-state index in [-0.39, 0.29) is 68.2 Å². The maximum atomic E-state index is 11.9. The number of isocyanates is 2. The van der Waals surface area contributed by atoms with Crippen LogP contribution < -0.4 is 10.6 Å². The molecule has 4 fully saturated rings. The van der Waals surface area contributed by atoms with E-state index in [4.69, 9.17) is 24.8 Å². The zero-order valence-electron chi connectivity index (χ0n) is 34.3. The van der Waals surface area contributed by atoms with Crippen LogP contribution in [0.2, 0.25) is 0 Å². The smallest absolute Gasteiger partial charge is 0.407 e. The summed E-state index contributed by atoms with van der Waals surface area (Å²) in [5.74, 6) is 3.13. The van der Waals surface area contributed by atoms with Gasteiger partial charge in [-0.1, -0.05) is 13.8 Å². The molecule has 4 aliphatic rings. The molecule has 0 saturated heterocycles. The SMILES string of the molecule is CCC(C)OC(=O)NC1CCC(CC2CCC(NC(=O)OC(C)CC)CC2)CC1.O=C=NC1CCC(CC2CCC(N=C=O)CC2)CC1.OCCC(O)CO. The second-order valence-electron chi connectivity index (χ2n) is 16.6. The molecule has 3 atom stereocenters. The number of ether oxygens (including phenoxy) is 2. The van der Waals surface area contributed by atoms with Gasteiger partial charge in [-0.05, 0) is 172 Å². The van der Waals surface area contributed by atoms with Crippen LogP contribution in [-0.4, -0.2) is 95.4 Å². The first-order chi connectivity index (χ1) is 26.5. The minimum absolute atomic E-state index is 0.0205. The highest BCUT2D eigenvalue weighted by atomic mass is 16.6. The summed E-state index contributed by atoms with van der Waals surface area (Å²) in [5.41, 5.74) is 0. The summed E-state index contributed by atoms with van der Waals surface area (Å²) in [6, 6.07) is 0.983. The number of hydrogen-bond acceptors (Lipinski definition) is 11. The van der Waals surface area contributed by atoms with Gasteiger partial charge in [0.2, 0.25) is 12.2 Å². The summed E-state index contributed by atoms with van der Waals surface area (Å²) in [7, 11) is 0. The molecule has 0 aliphatic heterocycles. The first-order valence-corrected chi connectivity index (χ1v) is 21.5. The highest BCUT2D eigenvalue weighted by molar-refractivity contribution is 5.68. The molecule has 3 unspecified atom stereocenters. The number of aliphatic hydroxyl groups excluding tert-OH is 3. The monoisotopic (exact) mass is 779 g/mol. The third-order valence-corrected chi connectivity index (χ3v) is 12.2. The van der Waals surface area contributed by atoms with Gasteiger partial charge in [-0.25, -0.2) is 29.2 Å². The number of nitrogens with one attached hydrogen (secondary N) is 2. The van der Waals surface area contributed by atoms with Gasteiger partial charge in [-0.2, -0.15) is 0 Å². The number of rotatable bonds is 15. The fourth-order valence-electron chi connectivity index (χ4n) is 8.37. The van der Waals surface area contributed by atoms with Crippen LogP contribution >= 0.6 is 0 Å². The van der Waals surface area contributed by atoms with Crippen molar-refractivity contribution in [3.63, 3.8) is 0 Å². The topological polar surface area (TPSA) is 196 Å². The van der Waals surface area contributed by atoms with E-state index >= 15 is 0 Å². The van der Waals surface area contributed by atoms with Crippen molar-refractivity contribution in [3.8, 4) is 0 Å². The number of hydrogen-bond donors (Lipinski definition) is 5. The fourth-order valence-corrected chi connectivity index (χ4v) is 8.37. The van der Waals surface area contributed by atoms with Crippen LogP contribution in [0.3, 0.4) is 0 Å². The maximum absolute atomic E-state index is 11.9. The summed E-state index contributed by atoms with van der Waals surface area (Å²) < 4.78 is 10.7. The molecule has 13 heteroatoms. The summed E-state index contributed by atoms with van der Waals surface area (Å²) in [4.78, 5) is 51.9. The van der Waals surface area contributed by atoms with Crippen LogP contribution in [0.15, 0.2) is 9.98 Å². The third-order valence-electron chi connectivity index (χ3n) is 12.2. The molecular formula is C42H74N4O9. The van der Waals surface area contributed by atoms with Gasteiger partial charge in [-0.3, -0.25) is 0 Å². The molecule has 5 N–H and O–H groups in total. The van der Waals surface area contributed by atoms with Crippen molar-refractivity contribution in [1.82, 2.24) is 10.6 Å². The van der Waals surface area contributed by atoms with Crippen molar-refractivity contribution in [2.75, 3.05) is 13.2 Å². The average Bonchev–Trinajstić information content (AvgIpc) is 3.18. The summed E-state index contributed by atoms with van der Waals surface area (Å²) in [6.45, 7) is 7.56. The van der Waals surface area contributed by atoms with Gasteiger partial charge in [-0.15, -0.1) is 0 Å². The van der Waals surface area contributed by atoms with Gasteiger partial charge in [0.05, 0.1) is 24.8 Å². The van der Waals surface area contributed by atoms with E-state index in [1.165, 1.54) is 64.2 Å². The van der Waals surface area contributed by atoms with Crippen molar-refractivity contribution >= 4 is 24.3 Å². The van der Waals surface area contributed by atoms with Gasteiger partial charge in [0, 0.05) is 18.7 Å². The fraction of sp³-hybridized carbons (Fsp3) is 0.905. The van der Waals surface area contributed by atoms with Crippen LogP contribution in [0.1, 0.15) is 163 Å². The Balaban J connectivity index is 0.000000342. The number of amides is 2. The van der Waals surface area contributed by atoms with E-state index < -0.39 is 6.10 Å². The van der Waals surface area contributed by atoms with Gasteiger partial charge in [0.1, 0.15) is 12.2 Å². The Bertz CT molecular complexity index is 1050. The van der Waals surface area contributed by atoms with E-state index in [1.54, 1.807) is 12.2 Å². The molecule has 4 aliphatic carbocycles. The molecule has 0 heterocycles. The number of carbonyl (C=O) groups is 2. The molecule has 55 heavy (non-hydrogen) atoms. The number of nitrogens with zero attached hydrogens (tertiary/aromatic N) is 2. The largest absolute Gasteiger partial charge is 0.447 e. The Labute approximate surface area is 330 Å². The van der Waals surface area contributed by atoms with Crippen molar-refractivity contribution in [1.29, 1.82) is 0 Å². The quantitative estimate of drug-likeness (QED) is 0.0830. The third kappa shape index (κ3) is 21.3. The summed E-state index contributed by atoms with van der Waals surface area (Å²) in [6.07, 6.45) is 24.5. The van der Waals surface area contributed by atoms with Gasteiger partial charge >= 0.3 is 12.2 Å². The van der Waals surface area contributed by atoms with Crippen LogP contribution in [0.25, 0.3) is 0 Å². The molecule has 2 amide bonds. The van der Waals surface area contributed by atoms with Crippen LogP contribution in [-0.2, 0) is 19.1 Å². The predicted octanol–water partition coefficient (Wildman–Crippen LogP) is 7.43. The molecule has 0 aromatic heterocycles. The Morgan fingerprint density at radius 1 is 0.618 bits per heavy atom. The molecule has 0 bridgehead atoms. The van der Waals surface area contributed by atoms with Gasteiger partial charge in [0.15, 0.2) is 0 Å². The number of aliphatic imine (C=N–C) groups is 2. The lowest BCUT2D eigenvalue weighted by atomic mass is 9.76. The zero-order valence-corrected chi connectivity index (χ0v) is 34.3. The lowest BCUT2D eigenvalue weighted by Gasteiger charge is -2.34. The normalized spacial score (nSPS) is 29.4. The molecular weight excluding hydrogens is 704 g/mol. The zero-order chi connectivity index (χ0) is 40.4. The van der Waals surface area contributed by atoms with E-state index in [1.807, 2.05) is 27.7 Å². The van der Waals surface area contributed by atoms with Crippen molar-refractivity contribution in [2.24, 2.45) is 33.7 Å². The van der Waals surface area contributed by atoms with Crippen LogP contribution in [0.5, 0.6) is 0 Å². The predicted molar refractivity (Wildman–Crippen MR) is 212 cm³/mol. The first-order valence-electron chi connectivity index (χ1n) is 21.5. The van der Waals surface area contributed by atoms with E-state index in [9.17, 15) is 19.2 Å². The number of alkyl carbamates (subject to hydrolysis) is 2. The minimum atomic E-state index is -0.745. The Kier molecular flexibility index (Phi) is 25.1. The molecule has 0 aromatic rings. The summed E-state index contributed by atoms with van der Waals surface area (Å²) in [5, 5.41) is 30.7. The molecule has 4 saturated carbocycles. The standard InChI is InChI=1S/C23H42N2O4.C15H22N2O2.C4H10O3/c1-5-16(3)28-22(26)24-20-11-7-18(8-12-20)15-19-9-13-21(14-10-19)25-23(27)29-17(4)6-2;18-10-16-14-5-1-12(2-6-14)9-13-3-7-15(8-4-13)17-11-19;5-2-1-4(7)3-6/h16-21H,5-15H2,1-4H3,(H,24,26)(H,25,27);12-15H,1-9H2;4-7H,1-3H2. The highest BCUT2D eigenvalue weighted by Gasteiger charge is 2.29. The van der Waals surface area contributed by atoms with Crippen LogP contribution in [0, 0.1) is 23.7 Å². The number of carbonyl (C=O) groups excluding carboxylic acids is 4. The molecule has 13 nitrogen and oxygen atoms in total. The second kappa shape index (κ2) is 28.6. The van der Waals surface area contributed by atoms with Gasteiger partial charge < -0.3 is 35.4 Å². The lowest BCUT2D eigenvalue weighted by Crippen LogP contribution is -2.40. The second-order valence-corrected chi connectivity index (χ2v) is 16.6. The number of aliphatic hydroxyl groups is 3. The summed E-state index contributed by atoms with van der Waals surface area (Å²) >= 11 is 0. The maximum Gasteiger partial charge on any atom is 0.407 e. The Hall–Kier alpha value is -2.82. The highest BCUT2D eigenvalue weighted by Crippen LogP contribution is 2.37.